The number of non-ortho nitro benzene ring substituents is 1. The Morgan fingerprint density at radius 1 is 0.755 bits per heavy atom. The highest BCUT2D eigenvalue weighted by Gasteiger charge is 2.35. The monoisotopic (exact) mass is 653 g/mol. The maximum atomic E-state index is 13.6. The minimum absolute atomic E-state index is 0.0460. The highest BCUT2D eigenvalue weighted by molar-refractivity contribution is 6.16. The van der Waals surface area contributed by atoms with Crippen LogP contribution in [0.3, 0.4) is 0 Å². The maximum absolute atomic E-state index is 13.6. The summed E-state index contributed by atoms with van der Waals surface area (Å²) in [6.07, 6.45) is 2.27. The molecule has 0 amide bonds. The quantitative estimate of drug-likeness (QED) is 0.0760. The smallest absolute Gasteiger partial charge is 0.270 e. The lowest BCUT2D eigenvalue weighted by Crippen LogP contribution is -2.11. The molecule has 0 saturated carbocycles. The number of aromatic nitrogens is 2. The number of hydrogen-bond donors (Lipinski definition) is 2. The van der Waals surface area contributed by atoms with Gasteiger partial charge < -0.3 is 28.9 Å². The first-order valence-corrected chi connectivity index (χ1v) is 15.4. The summed E-state index contributed by atoms with van der Waals surface area (Å²) in [5.41, 5.74) is 5.75. The van der Waals surface area contributed by atoms with Crippen molar-refractivity contribution in [3.05, 3.63) is 140 Å². The Morgan fingerprint density at radius 2 is 1.37 bits per heavy atom. The van der Waals surface area contributed by atoms with E-state index in [1.165, 1.54) is 19.2 Å². The average molecular weight is 654 g/mol. The number of para-hydroxylation sites is 3. The molecule has 2 aliphatic rings. The summed E-state index contributed by atoms with van der Waals surface area (Å²) < 4.78 is 24.4. The fourth-order valence-electron chi connectivity index (χ4n) is 6.43. The molecule has 2 aromatic heterocycles. The topological polar surface area (TPSA) is 146 Å². The third-order valence-electron chi connectivity index (χ3n) is 8.81. The van der Waals surface area contributed by atoms with Crippen molar-refractivity contribution in [2.24, 2.45) is 0 Å². The number of rotatable bonds is 7. The molecule has 2 N–H and O–H groups in total. The summed E-state index contributed by atoms with van der Waals surface area (Å²) >= 11 is 0. The Morgan fingerprint density at radius 3 is 2.06 bits per heavy atom. The number of nitrogens with one attached hydrogen (secondary N) is 2. The zero-order chi connectivity index (χ0) is 34.0. The van der Waals surface area contributed by atoms with E-state index < -0.39 is 11.2 Å². The maximum Gasteiger partial charge on any atom is 0.270 e. The molecule has 0 aliphatic carbocycles. The number of Topliss-reactive ketones (excluding diaryl/α,β-unsaturated/α-hetero) is 2. The molecule has 4 aromatic carbocycles. The van der Waals surface area contributed by atoms with Gasteiger partial charge in [0.15, 0.2) is 23.0 Å². The molecule has 11 heteroatoms. The van der Waals surface area contributed by atoms with Gasteiger partial charge >= 0.3 is 0 Å². The summed E-state index contributed by atoms with van der Waals surface area (Å²) in [6, 6.07) is 22.5. The first-order valence-electron chi connectivity index (χ1n) is 15.4. The lowest BCUT2D eigenvalue weighted by atomic mass is 10.0. The van der Waals surface area contributed by atoms with Crippen LogP contribution in [-0.2, 0) is 4.74 Å². The predicted octanol–water partition coefficient (Wildman–Crippen LogP) is 8.13. The van der Waals surface area contributed by atoms with Gasteiger partial charge in [0.05, 0.1) is 21.6 Å². The van der Waals surface area contributed by atoms with E-state index in [0.717, 1.165) is 27.9 Å². The SMILES string of the molecule is COC(Oc1cccc2c1OC(=Cc1c(C)[nH]c3ccccc13)C2=O)c1cccc2c1OC(=Cc1c(C)[nH]c3ccc([N+](=O)[O-])cc13)C2=O. The molecule has 0 saturated heterocycles. The van der Waals surface area contributed by atoms with Crippen LogP contribution in [0.25, 0.3) is 34.0 Å². The molecule has 0 spiro atoms. The number of ether oxygens (including phenoxy) is 4. The number of fused-ring (bicyclic) bond motifs is 4. The van der Waals surface area contributed by atoms with Crippen LogP contribution in [0.15, 0.2) is 90.4 Å². The van der Waals surface area contributed by atoms with E-state index >= 15 is 0 Å². The first kappa shape index (κ1) is 29.9. The number of ketones is 2. The van der Waals surface area contributed by atoms with Gasteiger partial charge in [-0.25, -0.2) is 0 Å². The number of carbonyl (C=O) groups excluding carboxylic acids is 2. The van der Waals surface area contributed by atoms with Gasteiger partial charge in [-0.2, -0.15) is 0 Å². The number of H-pyrrole nitrogens is 2. The van der Waals surface area contributed by atoms with Gasteiger partial charge in [-0.1, -0.05) is 30.3 Å². The van der Waals surface area contributed by atoms with Crippen molar-refractivity contribution in [3.63, 3.8) is 0 Å². The van der Waals surface area contributed by atoms with Crippen molar-refractivity contribution in [1.82, 2.24) is 9.97 Å². The van der Waals surface area contributed by atoms with Crippen LogP contribution < -0.4 is 14.2 Å². The number of hydrogen-bond acceptors (Lipinski definition) is 8. The molecule has 1 unspecified atom stereocenters. The van der Waals surface area contributed by atoms with Crippen LogP contribution >= 0.6 is 0 Å². The van der Waals surface area contributed by atoms with Crippen molar-refractivity contribution in [1.29, 1.82) is 0 Å². The van der Waals surface area contributed by atoms with E-state index in [4.69, 9.17) is 18.9 Å². The number of nitro benzene ring substituents is 1. The molecule has 49 heavy (non-hydrogen) atoms. The van der Waals surface area contributed by atoms with Crippen molar-refractivity contribution >= 4 is 51.2 Å². The van der Waals surface area contributed by atoms with E-state index in [0.29, 0.717) is 33.2 Å². The van der Waals surface area contributed by atoms with E-state index in [9.17, 15) is 19.7 Å². The fraction of sp³-hybridized carbons (Fsp3) is 0.105. The Balaban J connectivity index is 1.11. The molecular formula is C38H27N3O8. The molecule has 2 aliphatic heterocycles. The minimum atomic E-state index is -1.05. The highest BCUT2D eigenvalue weighted by Crippen LogP contribution is 2.45. The second-order valence-electron chi connectivity index (χ2n) is 11.8. The second-order valence-corrected chi connectivity index (χ2v) is 11.8. The number of carbonyl (C=O) groups is 2. The summed E-state index contributed by atoms with van der Waals surface area (Å²) in [5.74, 6) is 0.357. The van der Waals surface area contributed by atoms with Crippen LogP contribution in [0.1, 0.15) is 55.1 Å². The summed E-state index contributed by atoms with van der Waals surface area (Å²) in [6.45, 7) is 3.76. The number of aromatic amines is 2. The van der Waals surface area contributed by atoms with Gasteiger partial charge in [0.1, 0.15) is 5.75 Å². The van der Waals surface area contributed by atoms with Crippen LogP contribution in [-0.4, -0.2) is 33.6 Å². The average Bonchev–Trinajstić information content (AvgIpc) is 3.81. The molecule has 0 radical (unpaired) electrons. The van der Waals surface area contributed by atoms with E-state index in [1.807, 2.05) is 38.1 Å². The Labute approximate surface area is 278 Å². The largest absolute Gasteiger partial charge is 0.457 e. The van der Waals surface area contributed by atoms with Crippen LogP contribution in [0.4, 0.5) is 5.69 Å². The highest BCUT2D eigenvalue weighted by atomic mass is 16.7. The van der Waals surface area contributed by atoms with Gasteiger partial charge in [-0.05, 0) is 62.4 Å². The third-order valence-corrected chi connectivity index (χ3v) is 8.81. The predicted molar refractivity (Wildman–Crippen MR) is 182 cm³/mol. The Hall–Kier alpha value is -6.46. The molecular weight excluding hydrogens is 626 g/mol. The molecule has 1 atom stereocenters. The van der Waals surface area contributed by atoms with Crippen molar-refractivity contribution in [2.45, 2.75) is 20.1 Å². The lowest BCUT2D eigenvalue weighted by Gasteiger charge is -2.20. The molecule has 4 heterocycles. The molecule has 0 bridgehead atoms. The van der Waals surface area contributed by atoms with E-state index in [-0.39, 0.29) is 46.0 Å². The number of allylic oxidation sites excluding steroid dienone is 2. The summed E-state index contributed by atoms with van der Waals surface area (Å²) in [4.78, 5) is 44.5. The molecule has 8 rings (SSSR count). The Bertz CT molecular complexity index is 2470. The van der Waals surface area contributed by atoms with Gasteiger partial charge in [-0.15, -0.1) is 0 Å². The fourth-order valence-corrected chi connectivity index (χ4v) is 6.43. The van der Waals surface area contributed by atoms with Crippen LogP contribution in [0, 0.1) is 24.0 Å². The number of benzene rings is 4. The van der Waals surface area contributed by atoms with E-state index in [2.05, 4.69) is 9.97 Å². The van der Waals surface area contributed by atoms with Crippen molar-refractivity contribution < 1.29 is 33.5 Å². The Kier molecular flexibility index (Phi) is 6.93. The molecule has 0 fully saturated rings. The van der Waals surface area contributed by atoms with Crippen molar-refractivity contribution in [3.8, 4) is 17.2 Å². The van der Waals surface area contributed by atoms with Gasteiger partial charge in [0, 0.05) is 63.6 Å². The minimum Gasteiger partial charge on any atom is -0.457 e. The first-order chi connectivity index (χ1) is 23.7. The third kappa shape index (κ3) is 4.86. The number of nitrogens with zero attached hydrogens (tertiary/aromatic N) is 1. The van der Waals surface area contributed by atoms with Crippen molar-refractivity contribution in [2.75, 3.05) is 7.11 Å². The number of nitro groups is 1. The van der Waals surface area contributed by atoms with Gasteiger partial charge in [-0.3, -0.25) is 19.7 Å². The zero-order valence-electron chi connectivity index (χ0n) is 26.5. The number of aryl methyl sites for hydroxylation is 2. The molecule has 242 valence electrons. The van der Waals surface area contributed by atoms with Gasteiger partial charge in [0.25, 0.3) is 5.69 Å². The standard InChI is InChI=1S/C38H27N3O8/c1-19-26(22-8-4-5-12-29(22)39-19)17-33-35(43)24-10-7-13-31(37(24)48-33)49-38(46-3)25-11-6-9-23-34(42)32(47-36(23)25)18-27-20(2)40-30-15-14-21(41(44)45)16-28(27)30/h4-18,38-40H,1-3H3. The zero-order valence-corrected chi connectivity index (χ0v) is 26.5. The van der Waals surface area contributed by atoms with Crippen LogP contribution in [0.2, 0.25) is 0 Å². The van der Waals surface area contributed by atoms with E-state index in [1.54, 1.807) is 54.6 Å². The molecule has 6 aromatic rings. The summed E-state index contributed by atoms with van der Waals surface area (Å²) in [5, 5.41) is 13.0. The second kappa shape index (κ2) is 11.4. The normalized spacial score (nSPS) is 15.9. The molecule has 11 nitrogen and oxygen atoms in total. The summed E-state index contributed by atoms with van der Waals surface area (Å²) in [7, 11) is 1.46. The van der Waals surface area contributed by atoms with Gasteiger partial charge in [0.2, 0.25) is 17.9 Å². The lowest BCUT2D eigenvalue weighted by molar-refractivity contribution is -0.384. The van der Waals surface area contributed by atoms with Crippen LogP contribution in [0.5, 0.6) is 17.2 Å². The number of methoxy groups -OCH3 is 1.